The van der Waals surface area contributed by atoms with Gasteiger partial charge in [-0.3, -0.25) is 14.8 Å². The molecule has 4 rings (SSSR count). The van der Waals surface area contributed by atoms with Crippen LogP contribution in [0.15, 0.2) is 54.9 Å². The fourth-order valence-corrected chi connectivity index (χ4v) is 4.70. The first kappa shape index (κ1) is 29.6. The molecule has 1 aromatic carbocycles. The molecule has 0 radical (unpaired) electrons. The molecular weight excluding hydrogens is 541 g/mol. The van der Waals surface area contributed by atoms with Crippen LogP contribution in [0.3, 0.4) is 0 Å². The van der Waals surface area contributed by atoms with Crippen molar-refractivity contribution in [3.8, 4) is 11.3 Å². The van der Waals surface area contributed by atoms with Gasteiger partial charge in [-0.05, 0) is 57.0 Å². The third-order valence-electron chi connectivity index (χ3n) is 6.95. The van der Waals surface area contributed by atoms with E-state index in [4.69, 9.17) is 16.3 Å². The molecule has 0 spiro atoms. The number of nitrogens with one attached hydrogen (secondary N) is 2. The number of amides is 1. The van der Waals surface area contributed by atoms with Gasteiger partial charge in [-0.1, -0.05) is 30.2 Å². The van der Waals surface area contributed by atoms with Crippen molar-refractivity contribution in [1.29, 1.82) is 0 Å². The zero-order valence-electron chi connectivity index (χ0n) is 22.7. The van der Waals surface area contributed by atoms with Gasteiger partial charge in [0, 0.05) is 49.0 Å². The number of anilines is 2. The summed E-state index contributed by atoms with van der Waals surface area (Å²) >= 11 is 6.08. The highest BCUT2D eigenvalue weighted by Crippen LogP contribution is 2.43. The summed E-state index contributed by atoms with van der Waals surface area (Å²) in [7, 11) is 1.55. The minimum Gasteiger partial charge on any atom is -0.380 e. The van der Waals surface area contributed by atoms with E-state index < -0.39 is 29.6 Å². The molecule has 1 saturated carbocycles. The van der Waals surface area contributed by atoms with Crippen molar-refractivity contribution in [2.45, 2.75) is 57.5 Å². The predicted molar refractivity (Wildman–Crippen MR) is 151 cm³/mol. The van der Waals surface area contributed by atoms with E-state index >= 15 is 8.78 Å². The number of pyridine rings is 2. The molecule has 1 amide bonds. The van der Waals surface area contributed by atoms with E-state index in [0.717, 1.165) is 25.5 Å². The molecule has 6 nitrogen and oxygen atoms in total. The van der Waals surface area contributed by atoms with E-state index in [2.05, 4.69) is 27.2 Å². The monoisotopic (exact) mass is 572 g/mol. The van der Waals surface area contributed by atoms with Crippen molar-refractivity contribution < 1.29 is 22.7 Å². The molecule has 10 heteroatoms. The zero-order valence-corrected chi connectivity index (χ0v) is 23.4. The largest absolute Gasteiger partial charge is 0.380 e. The van der Waals surface area contributed by atoms with Crippen molar-refractivity contribution in [2.75, 3.05) is 19.0 Å². The number of alkyl halides is 2. The normalized spacial score (nSPS) is 14.4. The van der Waals surface area contributed by atoms with Gasteiger partial charge in [0.15, 0.2) is 0 Å². The van der Waals surface area contributed by atoms with E-state index in [0.29, 0.717) is 11.4 Å². The molecule has 0 saturated heterocycles. The van der Waals surface area contributed by atoms with Crippen LogP contribution >= 0.6 is 11.6 Å². The summed E-state index contributed by atoms with van der Waals surface area (Å²) in [5, 5.41) is 6.19. The highest BCUT2D eigenvalue weighted by atomic mass is 35.5. The number of hydrogen-bond donors (Lipinski definition) is 2. The van der Waals surface area contributed by atoms with E-state index in [-0.39, 0.29) is 51.7 Å². The molecular formula is C30H32ClF3N4O2. The van der Waals surface area contributed by atoms with Crippen molar-refractivity contribution in [2.24, 2.45) is 0 Å². The Hall–Kier alpha value is -3.43. The first-order valence-electron chi connectivity index (χ1n) is 13.0. The highest BCUT2D eigenvalue weighted by molar-refractivity contribution is 6.30. The molecule has 3 aromatic rings. The van der Waals surface area contributed by atoms with E-state index in [1.54, 1.807) is 19.4 Å². The molecule has 1 unspecified atom stereocenters. The van der Waals surface area contributed by atoms with Crippen LogP contribution in [-0.2, 0) is 10.7 Å². The number of benzene rings is 1. The second-order valence-corrected chi connectivity index (χ2v) is 10.6. The Morgan fingerprint density at radius 3 is 2.62 bits per heavy atom. The molecule has 1 aliphatic rings. The summed E-state index contributed by atoms with van der Waals surface area (Å²) in [4.78, 5) is 22.1. The average Bonchev–Trinajstić information content (AvgIpc) is 2.86. The van der Waals surface area contributed by atoms with Gasteiger partial charge in [-0.25, -0.2) is 13.2 Å². The summed E-state index contributed by atoms with van der Waals surface area (Å²) in [6.07, 6.45) is 4.50. The molecule has 2 aromatic heterocycles. The van der Waals surface area contributed by atoms with Crippen LogP contribution in [-0.4, -0.2) is 35.6 Å². The summed E-state index contributed by atoms with van der Waals surface area (Å²) in [5.41, 5.74) is 1.18. The Kier molecular flexibility index (Phi) is 9.15. The lowest BCUT2D eigenvalue weighted by Crippen LogP contribution is -2.33. The SMILES string of the molecule is C=C(C)CC(F)(F)c1cnc(-c2cc(Cl)ccc2F)cc1Nc1ccnc(C2CCC2)c1C(=O)NCC(C)OC. The van der Waals surface area contributed by atoms with Gasteiger partial charge in [0.1, 0.15) is 5.82 Å². The van der Waals surface area contributed by atoms with E-state index in [1.807, 2.05) is 6.92 Å². The second-order valence-electron chi connectivity index (χ2n) is 10.2. The van der Waals surface area contributed by atoms with Crippen molar-refractivity contribution in [3.05, 3.63) is 82.5 Å². The minimum atomic E-state index is -3.34. The van der Waals surface area contributed by atoms with Crippen LogP contribution in [0, 0.1) is 5.82 Å². The van der Waals surface area contributed by atoms with Crippen LogP contribution in [0.2, 0.25) is 5.02 Å². The summed E-state index contributed by atoms with van der Waals surface area (Å²) in [6, 6.07) is 6.87. The maximum Gasteiger partial charge on any atom is 0.280 e. The fraction of sp³-hybridized carbons (Fsp3) is 0.367. The smallest absolute Gasteiger partial charge is 0.280 e. The Balaban J connectivity index is 1.84. The molecule has 0 aliphatic heterocycles. The van der Waals surface area contributed by atoms with Gasteiger partial charge in [-0.15, -0.1) is 0 Å². The fourth-order valence-electron chi connectivity index (χ4n) is 4.53. The number of methoxy groups -OCH3 is 1. The van der Waals surface area contributed by atoms with Gasteiger partial charge < -0.3 is 15.4 Å². The third-order valence-corrected chi connectivity index (χ3v) is 7.18. The molecule has 40 heavy (non-hydrogen) atoms. The maximum absolute atomic E-state index is 15.5. The summed E-state index contributed by atoms with van der Waals surface area (Å²) < 4.78 is 50.9. The van der Waals surface area contributed by atoms with E-state index in [9.17, 15) is 9.18 Å². The topological polar surface area (TPSA) is 76.1 Å². The van der Waals surface area contributed by atoms with Crippen LogP contribution < -0.4 is 10.6 Å². The Labute approximate surface area is 237 Å². The van der Waals surface area contributed by atoms with Gasteiger partial charge in [-0.2, -0.15) is 0 Å². The standard InChI is InChI=1S/C30H32ClF3N4O2/c1-17(2)14-30(33,34)22-16-36-25(21-12-20(31)8-9-23(21)32)13-26(22)38-24-10-11-35-28(19-6-5-7-19)27(24)29(39)37-15-18(3)40-4/h8-13,16,18-19H,1,5-7,14-15H2,2-4H3,(H,37,39)(H,35,36,38). The molecule has 212 valence electrons. The first-order valence-corrected chi connectivity index (χ1v) is 13.4. The number of aromatic nitrogens is 2. The number of carbonyl (C=O) groups is 1. The summed E-state index contributed by atoms with van der Waals surface area (Å²) in [5.74, 6) is -4.26. The Morgan fingerprint density at radius 2 is 1.98 bits per heavy atom. The summed E-state index contributed by atoms with van der Waals surface area (Å²) in [6.45, 7) is 7.22. The van der Waals surface area contributed by atoms with Crippen molar-refractivity contribution in [3.63, 3.8) is 0 Å². The lowest BCUT2D eigenvalue weighted by molar-refractivity contribution is -0.00312. The number of hydrogen-bond acceptors (Lipinski definition) is 5. The van der Waals surface area contributed by atoms with Crippen molar-refractivity contribution in [1.82, 2.24) is 15.3 Å². The third kappa shape index (κ3) is 6.64. The highest BCUT2D eigenvalue weighted by Gasteiger charge is 2.36. The molecule has 1 aliphatic carbocycles. The van der Waals surface area contributed by atoms with Gasteiger partial charge in [0.25, 0.3) is 11.8 Å². The number of carbonyl (C=O) groups excluding carboxylic acids is 1. The molecule has 2 N–H and O–H groups in total. The van der Waals surface area contributed by atoms with Gasteiger partial charge in [0.05, 0.1) is 40.0 Å². The Morgan fingerprint density at radius 1 is 1.23 bits per heavy atom. The van der Waals surface area contributed by atoms with Gasteiger partial charge in [0.2, 0.25) is 0 Å². The molecule has 1 fully saturated rings. The van der Waals surface area contributed by atoms with Crippen LogP contribution in [0.5, 0.6) is 0 Å². The lowest BCUT2D eigenvalue weighted by atomic mass is 9.80. The Bertz CT molecular complexity index is 1410. The van der Waals surface area contributed by atoms with Crippen LogP contribution in [0.4, 0.5) is 24.5 Å². The lowest BCUT2D eigenvalue weighted by Gasteiger charge is -2.28. The number of allylic oxidation sites excluding steroid dienone is 1. The number of halogens is 4. The molecule has 1 atom stereocenters. The van der Waals surface area contributed by atoms with Crippen LogP contribution in [0.1, 0.15) is 67.1 Å². The average molecular weight is 573 g/mol. The number of rotatable bonds is 11. The molecule has 2 heterocycles. The van der Waals surface area contributed by atoms with E-state index in [1.165, 1.54) is 31.2 Å². The number of nitrogens with zero attached hydrogens (tertiary/aromatic N) is 2. The first-order chi connectivity index (χ1) is 19.0. The van der Waals surface area contributed by atoms with Gasteiger partial charge >= 0.3 is 0 Å². The molecule has 0 bridgehead atoms. The van der Waals surface area contributed by atoms with Crippen LogP contribution in [0.25, 0.3) is 11.3 Å². The zero-order chi connectivity index (χ0) is 29.0. The number of ether oxygens (including phenoxy) is 1. The minimum absolute atomic E-state index is 0.0271. The van der Waals surface area contributed by atoms with Crippen molar-refractivity contribution >= 4 is 28.9 Å². The maximum atomic E-state index is 15.5. The predicted octanol–water partition coefficient (Wildman–Crippen LogP) is 7.77. The quantitative estimate of drug-likeness (QED) is 0.230. The second kappa shape index (κ2) is 12.4.